The van der Waals surface area contributed by atoms with Gasteiger partial charge in [0.2, 0.25) is 0 Å². The SMILES string of the molecule is CCCCCCCC/C=C\CCCCCCCCCC(=O)OC(COCCCCCCCCCCCCCCCCCCCCCCC)COP(=O)([O-])OCC[N+](C)(C)C. The summed E-state index contributed by atoms with van der Waals surface area (Å²) < 4.78 is 34.8. The predicted molar refractivity (Wildman–Crippen MR) is 254 cm³/mol. The van der Waals surface area contributed by atoms with E-state index in [2.05, 4.69) is 26.0 Å². The first-order valence-electron chi connectivity index (χ1n) is 25.9. The van der Waals surface area contributed by atoms with Crippen molar-refractivity contribution in [3.05, 3.63) is 12.2 Å². The van der Waals surface area contributed by atoms with Crippen LogP contribution in [0, 0.1) is 0 Å². The minimum atomic E-state index is -4.53. The lowest BCUT2D eigenvalue weighted by atomic mass is 10.0. The van der Waals surface area contributed by atoms with Crippen LogP contribution in [0.2, 0.25) is 0 Å². The molecule has 0 radical (unpaired) electrons. The second kappa shape index (κ2) is 44.8. The lowest BCUT2D eigenvalue weighted by Crippen LogP contribution is -2.37. The van der Waals surface area contributed by atoms with Crippen molar-refractivity contribution in [2.24, 2.45) is 0 Å². The van der Waals surface area contributed by atoms with Crippen LogP contribution in [-0.2, 0) is 27.9 Å². The fraction of sp³-hybridized carbons (Fsp3) is 0.941. The number of ether oxygens (including phenoxy) is 2. The fourth-order valence-electron chi connectivity index (χ4n) is 7.54. The van der Waals surface area contributed by atoms with Crippen molar-refractivity contribution in [2.45, 2.75) is 258 Å². The van der Waals surface area contributed by atoms with Crippen molar-refractivity contribution in [3.8, 4) is 0 Å². The first-order chi connectivity index (χ1) is 29.1. The summed E-state index contributed by atoms with van der Waals surface area (Å²) in [5.74, 6) is -0.333. The Morgan fingerprint density at radius 2 is 0.867 bits per heavy atom. The summed E-state index contributed by atoms with van der Waals surface area (Å²) in [6.07, 6.45) is 50.9. The average Bonchev–Trinajstić information content (AvgIpc) is 3.20. The van der Waals surface area contributed by atoms with Gasteiger partial charge in [-0.25, -0.2) is 0 Å². The Labute approximate surface area is 373 Å². The predicted octanol–water partition coefficient (Wildman–Crippen LogP) is 15.2. The molecular weight excluding hydrogens is 770 g/mol. The Morgan fingerprint density at radius 3 is 1.27 bits per heavy atom. The number of likely N-dealkylation sites (N-methyl/N-ethyl adjacent to an activating group) is 1. The van der Waals surface area contributed by atoms with E-state index in [0.717, 1.165) is 32.1 Å². The molecule has 0 fully saturated rings. The number of carbonyl (C=O) groups excluding carboxylic acids is 1. The highest BCUT2D eigenvalue weighted by molar-refractivity contribution is 7.45. The van der Waals surface area contributed by atoms with Gasteiger partial charge in [-0.1, -0.05) is 219 Å². The molecule has 0 aliphatic heterocycles. The van der Waals surface area contributed by atoms with Crippen LogP contribution < -0.4 is 4.89 Å². The van der Waals surface area contributed by atoms with Crippen molar-refractivity contribution in [1.82, 2.24) is 0 Å². The van der Waals surface area contributed by atoms with E-state index in [-0.39, 0.29) is 25.8 Å². The fourth-order valence-corrected chi connectivity index (χ4v) is 8.27. The summed E-state index contributed by atoms with van der Waals surface area (Å²) >= 11 is 0. The van der Waals surface area contributed by atoms with Crippen LogP contribution in [-0.4, -0.2) is 70.7 Å². The number of nitrogens with zero attached hydrogens (tertiary/aromatic N) is 1. The molecule has 358 valence electrons. The second-order valence-corrected chi connectivity index (χ2v) is 20.3. The van der Waals surface area contributed by atoms with E-state index in [1.807, 2.05) is 21.1 Å². The summed E-state index contributed by atoms with van der Waals surface area (Å²) in [5.41, 5.74) is 0. The molecule has 8 nitrogen and oxygen atoms in total. The first-order valence-corrected chi connectivity index (χ1v) is 27.4. The van der Waals surface area contributed by atoms with Crippen molar-refractivity contribution in [2.75, 3.05) is 54.1 Å². The van der Waals surface area contributed by atoms with Crippen LogP contribution >= 0.6 is 7.82 Å². The molecule has 0 bridgehead atoms. The van der Waals surface area contributed by atoms with Crippen LogP contribution in [0.1, 0.15) is 251 Å². The molecule has 0 aliphatic carbocycles. The Hall–Kier alpha value is -0.760. The molecule has 0 saturated heterocycles. The third-order valence-corrected chi connectivity index (χ3v) is 12.5. The van der Waals surface area contributed by atoms with Crippen LogP contribution in [0.3, 0.4) is 0 Å². The molecule has 2 unspecified atom stereocenters. The molecule has 0 spiro atoms. The second-order valence-electron chi connectivity index (χ2n) is 18.9. The summed E-state index contributed by atoms with van der Waals surface area (Å²) in [7, 11) is 1.37. The minimum absolute atomic E-state index is 0.0288. The lowest BCUT2D eigenvalue weighted by Gasteiger charge is -2.28. The number of quaternary nitrogens is 1. The molecule has 0 aliphatic rings. The van der Waals surface area contributed by atoms with E-state index in [0.29, 0.717) is 24.1 Å². The number of unbranched alkanes of at least 4 members (excludes halogenated alkanes) is 33. The number of allylic oxidation sites excluding steroid dienone is 2. The molecule has 0 heterocycles. The van der Waals surface area contributed by atoms with E-state index in [4.69, 9.17) is 18.5 Å². The van der Waals surface area contributed by atoms with Gasteiger partial charge in [-0.15, -0.1) is 0 Å². The average molecular weight is 872 g/mol. The Kier molecular flexibility index (Phi) is 44.3. The minimum Gasteiger partial charge on any atom is -0.756 e. The largest absolute Gasteiger partial charge is 0.756 e. The zero-order valence-electron chi connectivity index (χ0n) is 40.7. The molecule has 0 aromatic carbocycles. The number of phosphoric ester groups is 1. The molecule has 0 aromatic rings. The van der Waals surface area contributed by atoms with E-state index in [1.54, 1.807) is 0 Å². The summed E-state index contributed by atoms with van der Waals surface area (Å²) in [6, 6.07) is 0. The van der Waals surface area contributed by atoms with Crippen LogP contribution in [0.5, 0.6) is 0 Å². The molecule has 9 heteroatoms. The van der Waals surface area contributed by atoms with Gasteiger partial charge in [-0.3, -0.25) is 9.36 Å². The molecule has 0 saturated carbocycles. The van der Waals surface area contributed by atoms with Gasteiger partial charge in [0.15, 0.2) is 0 Å². The van der Waals surface area contributed by atoms with Gasteiger partial charge in [0.1, 0.15) is 19.3 Å². The molecule has 0 N–H and O–H groups in total. The van der Waals surface area contributed by atoms with Gasteiger partial charge in [-0.05, 0) is 38.5 Å². The first kappa shape index (κ1) is 59.2. The molecule has 0 aromatic heterocycles. The molecule has 0 amide bonds. The smallest absolute Gasteiger partial charge is 0.306 e. The van der Waals surface area contributed by atoms with Crippen molar-refractivity contribution < 1.29 is 37.3 Å². The van der Waals surface area contributed by atoms with Crippen molar-refractivity contribution in [1.29, 1.82) is 0 Å². The molecule has 60 heavy (non-hydrogen) atoms. The maximum atomic E-state index is 12.7. The Morgan fingerprint density at radius 1 is 0.500 bits per heavy atom. The number of hydrogen-bond donors (Lipinski definition) is 0. The third kappa shape index (κ3) is 48.3. The molecule has 0 rings (SSSR count). The van der Waals surface area contributed by atoms with Gasteiger partial charge in [-0.2, -0.15) is 0 Å². The van der Waals surface area contributed by atoms with Crippen LogP contribution in [0.25, 0.3) is 0 Å². The van der Waals surface area contributed by atoms with Gasteiger partial charge in [0.05, 0.1) is 34.4 Å². The van der Waals surface area contributed by atoms with Gasteiger partial charge < -0.3 is 27.9 Å². The highest BCUT2D eigenvalue weighted by atomic mass is 31.2. The topological polar surface area (TPSA) is 94.1 Å². The van der Waals surface area contributed by atoms with Crippen LogP contribution in [0.4, 0.5) is 0 Å². The number of carbonyl (C=O) groups is 1. The normalized spacial score (nSPS) is 13.6. The Balaban J connectivity index is 4.09. The summed E-state index contributed by atoms with van der Waals surface area (Å²) in [6.45, 7) is 5.47. The third-order valence-electron chi connectivity index (χ3n) is 11.6. The maximum absolute atomic E-state index is 12.7. The van der Waals surface area contributed by atoms with Crippen LogP contribution in [0.15, 0.2) is 12.2 Å². The van der Waals surface area contributed by atoms with E-state index in [9.17, 15) is 14.3 Å². The number of phosphoric acid groups is 1. The van der Waals surface area contributed by atoms with Crippen molar-refractivity contribution >= 4 is 13.8 Å². The zero-order valence-corrected chi connectivity index (χ0v) is 41.6. The van der Waals surface area contributed by atoms with E-state index < -0.39 is 13.9 Å². The maximum Gasteiger partial charge on any atom is 0.306 e. The monoisotopic (exact) mass is 872 g/mol. The Bertz CT molecular complexity index is 972. The highest BCUT2D eigenvalue weighted by Crippen LogP contribution is 2.38. The van der Waals surface area contributed by atoms with E-state index in [1.165, 1.54) is 199 Å². The lowest BCUT2D eigenvalue weighted by molar-refractivity contribution is -0.870. The van der Waals surface area contributed by atoms with Gasteiger partial charge in [0.25, 0.3) is 7.82 Å². The zero-order chi connectivity index (χ0) is 44.1. The standard InChI is InChI=1S/C51H102NO7P/c1-6-8-10-12-14-16-18-20-22-24-25-26-27-29-31-33-35-37-39-41-43-46-56-48-50(49-58-60(54,55)57-47-45-52(3,4)5)59-51(53)44-42-40-38-36-34-32-30-28-23-21-19-17-15-13-11-9-7-2/h21,23,50H,6-20,22,24-49H2,1-5H3/b23-21-. The quantitative estimate of drug-likeness (QED) is 0.0198. The molecule has 2 atom stereocenters. The van der Waals surface area contributed by atoms with E-state index >= 15 is 0 Å². The van der Waals surface area contributed by atoms with Crippen molar-refractivity contribution in [3.63, 3.8) is 0 Å². The summed E-state index contributed by atoms with van der Waals surface area (Å²) in [4.78, 5) is 25.2. The number of rotatable bonds is 49. The molecular formula is C51H102NO7P. The number of hydrogen-bond acceptors (Lipinski definition) is 7. The van der Waals surface area contributed by atoms with Gasteiger partial charge in [0, 0.05) is 13.0 Å². The highest BCUT2D eigenvalue weighted by Gasteiger charge is 2.20. The van der Waals surface area contributed by atoms with Gasteiger partial charge >= 0.3 is 5.97 Å². The number of esters is 1. The summed E-state index contributed by atoms with van der Waals surface area (Å²) in [5, 5.41) is 0.